The summed E-state index contributed by atoms with van der Waals surface area (Å²) in [6, 6.07) is 5.34. The average molecular weight is 243 g/mol. The minimum atomic E-state index is 0.402. The number of hydrogen-bond donors (Lipinski definition) is 0. The summed E-state index contributed by atoms with van der Waals surface area (Å²) in [7, 11) is 1.57. The van der Waals surface area contributed by atoms with Crippen LogP contribution in [0.3, 0.4) is 0 Å². The summed E-state index contributed by atoms with van der Waals surface area (Å²) in [4.78, 5) is 23.3. The molecule has 5 nitrogen and oxygen atoms in total. The molecule has 2 rings (SSSR count). The lowest BCUT2D eigenvalue weighted by atomic mass is 10.2. The van der Waals surface area contributed by atoms with Crippen molar-refractivity contribution < 1.29 is 9.53 Å². The Morgan fingerprint density at radius 3 is 2.78 bits per heavy atom. The van der Waals surface area contributed by atoms with Gasteiger partial charge in [-0.2, -0.15) is 0 Å². The van der Waals surface area contributed by atoms with Gasteiger partial charge in [-0.25, -0.2) is 15.0 Å². The third kappa shape index (κ3) is 2.88. The summed E-state index contributed by atoms with van der Waals surface area (Å²) in [5, 5.41) is 0. The van der Waals surface area contributed by atoms with Crippen molar-refractivity contribution in [1.82, 2.24) is 15.0 Å². The highest BCUT2D eigenvalue weighted by molar-refractivity contribution is 5.71. The number of ether oxygens (including phenoxy) is 1. The summed E-state index contributed by atoms with van der Waals surface area (Å²) in [6.07, 6.45) is 2.98. The number of pyridine rings is 1. The standard InChI is InChI=1S/C13H13N3O2/c1-9-5-11(8-17)16-12(15-9)6-10-3-4-13(18-2)14-7-10/h3-5,7-8H,6H2,1-2H3. The third-order valence-corrected chi connectivity index (χ3v) is 2.41. The van der Waals surface area contributed by atoms with E-state index >= 15 is 0 Å². The van der Waals surface area contributed by atoms with Crippen LogP contribution in [0.4, 0.5) is 0 Å². The first kappa shape index (κ1) is 12.2. The maximum Gasteiger partial charge on any atom is 0.212 e. The summed E-state index contributed by atoms with van der Waals surface area (Å²) >= 11 is 0. The lowest BCUT2D eigenvalue weighted by Crippen LogP contribution is -2.02. The molecule has 0 N–H and O–H groups in total. The van der Waals surface area contributed by atoms with Gasteiger partial charge in [0, 0.05) is 24.4 Å². The number of hydrogen-bond acceptors (Lipinski definition) is 5. The second-order valence-electron chi connectivity index (χ2n) is 3.85. The second-order valence-corrected chi connectivity index (χ2v) is 3.85. The minimum absolute atomic E-state index is 0.402. The van der Waals surface area contributed by atoms with E-state index in [0.29, 0.717) is 23.8 Å². The number of rotatable bonds is 4. The van der Waals surface area contributed by atoms with Gasteiger partial charge < -0.3 is 4.74 Å². The zero-order chi connectivity index (χ0) is 13.0. The highest BCUT2D eigenvalue weighted by Gasteiger charge is 2.04. The van der Waals surface area contributed by atoms with Crippen LogP contribution in [-0.2, 0) is 6.42 Å². The number of aromatic nitrogens is 3. The van der Waals surface area contributed by atoms with E-state index in [4.69, 9.17) is 4.74 Å². The predicted octanol–water partition coefficient (Wildman–Crippen LogP) is 1.59. The zero-order valence-corrected chi connectivity index (χ0v) is 10.3. The van der Waals surface area contributed by atoms with Crippen molar-refractivity contribution in [2.45, 2.75) is 13.3 Å². The van der Waals surface area contributed by atoms with Crippen LogP contribution < -0.4 is 4.74 Å². The van der Waals surface area contributed by atoms with Gasteiger partial charge in [0.2, 0.25) is 5.88 Å². The minimum Gasteiger partial charge on any atom is -0.481 e. The Morgan fingerprint density at radius 1 is 1.33 bits per heavy atom. The predicted molar refractivity (Wildman–Crippen MR) is 65.8 cm³/mol. The molecule has 18 heavy (non-hydrogen) atoms. The van der Waals surface area contributed by atoms with Crippen LogP contribution in [0.15, 0.2) is 24.4 Å². The molecule has 0 aliphatic carbocycles. The Kier molecular flexibility index (Phi) is 3.62. The topological polar surface area (TPSA) is 65.0 Å². The van der Waals surface area contributed by atoms with Crippen LogP contribution in [0, 0.1) is 6.92 Å². The smallest absolute Gasteiger partial charge is 0.212 e. The molecular formula is C13H13N3O2. The van der Waals surface area contributed by atoms with Gasteiger partial charge in [0.25, 0.3) is 0 Å². The molecule has 2 heterocycles. The molecule has 0 unspecified atom stereocenters. The van der Waals surface area contributed by atoms with Crippen LogP contribution in [0.2, 0.25) is 0 Å². The number of methoxy groups -OCH3 is 1. The quantitative estimate of drug-likeness (QED) is 0.763. The molecule has 0 fully saturated rings. The molecule has 0 atom stereocenters. The molecular weight excluding hydrogens is 230 g/mol. The van der Waals surface area contributed by atoms with Gasteiger partial charge >= 0.3 is 0 Å². The van der Waals surface area contributed by atoms with E-state index in [-0.39, 0.29) is 0 Å². The van der Waals surface area contributed by atoms with Crippen molar-refractivity contribution in [2.24, 2.45) is 0 Å². The molecule has 0 bridgehead atoms. The molecule has 0 aliphatic heterocycles. The molecule has 0 aliphatic rings. The average Bonchev–Trinajstić information content (AvgIpc) is 2.39. The Morgan fingerprint density at radius 2 is 2.17 bits per heavy atom. The lowest BCUT2D eigenvalue weighted by Gasteiger charge is -2.03. The van der Waals surface area contributed by atoms with Crippen LogP contribution in [-0.4, -0.2) is 28.3 Å². The Bertz CT molecular complexity index is 553. The number of carbonyl (C=O) groups is 1. The fourth-order valence-corrected chi connectivity index (χ4v) is 1.61. The molecule has 0 amide bonds. The van der Waals surface area contributed by atoms with Gasteiger partial charge in [-0.15, -0.1) is 0 Å². The van der Waals surface area contributed by atoms with Gasteiger partial charge in [-0.3, -0.25) is 4.79 Å². The van der Waals surface area contributed by atoms with E-state index < -0.39 is 0 Å². The Labute approximate surface area is 105 Å². The molecule has 0 radical (unpaired) electrons. The van der Waals surface area contributed by atoms with E-state index in [1.54, 1.807) is 25.4 Å². The lowest BCUT2D eigenvalue weighted by molar-refractivity contribution is 0.111. The fraction of sp³-hybridized carbons (Fsp3) is 0.231. The second kappa shape index (κ2) is 5.35. The van der Waals surface area contributed by atoms with Crippen molar-refractivity contribution in [2.75, 3.05) is 7.11 Å². The van der Waals surface area contributed by atoms with Crippen molar-refractivity contribution in [3.63, 3.8) is 0 Å². The normalized spacial score (nSPS) is 10.1. The van der Waals surface area contributed by atoms with Crippen LogP contribution in [0.25, 0.3) is 0 Å². The van der Waals surface area contributed by atoms with Gasteiger partial charge in [0.1, 0.15) is 11.5 Å². The number of aldehydes is 1. The Balaban J connectivity index is 2.22. The zero-order valence-electron chi connectivity index (χ0n) is 10.3. The first-order valence-electron chi connectivity index (χ1n) is 5.50. The SMILES string of the molecule is COc1ccc(Cc2nc(C)cc(C=O)n2)cn1. The molecule has 0 aromatic carbocycles. The first-order chi connectivity index (χ1) is 8.71. The third-order valence-electron chi connectivity index (χ3n) is 2.41. The number of aryl methyl sites for hydroxylation is 1. The van der Waals surface area contributed by atoms with Gasteiger partial charge in [0.05, 0.1) is 7.11 Å². The summed E-state index contributed by atoms with van der Waals surface area (Å²) < 4.78 is 4.99. The van der Waals surface area contributed by atoms with Crippen molar-refractivity contribution in [1.29, 1.82) is 0 Å². The molecule has 2 aromatic rings. The highest BCUT2D eigenvalue weighted by Crippen LogP contribution is 2.10. The monoisotopic (exact) mass is 243 g/mol. The maximum absolute atomic E-state index is 10.7. The number of carbonyl (C=O) groups excluding carboxylic acids is 1. The van der Waals surface area contributed by atoms with Gasteiger partial charge in [-0.05, 0) is 18.6 Å². The maximum atomic E-state index is 10.7. The van der Waals surface area contributed by atoms with Crippen LogP contribution in [0.5, 0.6) is 5.88 Å². The van der Waals surface area contributed by atoms with E-state index in [9.17, 15) is 4.79 Å². The first-order valence-corrected chi connectivity index (χ1v) is 5.50. The van der Waals surface area contributed by atoms with Crippen molar-refractivity contribution >= 4 is 6.29 Å². The van der Waals surface area contributed by atoms with E-state index in [1.807, 2.05) is 13.0 Å². The molecule has 0 saturated carbocycles. The summed E-state index contributed by atoms with van der Waals surface area (Å²) in [6.45, 7) is 1.84. The van der Waals surface area contributed by atoms with Crippen molar-refractivity contribution in [3.8, 4) is 5.88 Å². The molecule has 92 valence electrons. The Hall–Kier alpha value is -2.30. The largest absolute Gasteiger partial charge is 0.481 e. The molecule has 0 spiro atoms. The molecule has 0 saturated heterocycles. The number of nitrogens with zero attached hydrogens (tertiary/aromatic N) is 3. The van der Waals surface area contributed by atoms with E-state index in [0.717, 1.165) is 17.5 Å². The fourth-order valence-electron chi connectivity index (χ4n) is 1.61. The van der Waals surface area contributed by atoms with E-state index in [1.165, 1.54) is 0 Å². The van der Waals surface area contributed by atoms with Gasteiger partial charge in [-0.1, -0.05) is 6.07 Å². The van der Waals surface area contributed by atoms with Crippen LogP contribution >= 0.6 is 0 Å². The molecule has 2 aromatic heterocycles. The van der Waals surface area contributed by atoms with Crippen molar-refractivity contribution in [3.05, 3.63) is 47.2 Å². The van der Waals surface area contributed by atoms with Crippen LogP contribution in [0.1, 0.15) is 27.6 Å². The van der Waals surface area contributed by atoms with Gasteiger partial charge in [0.15, 0.2) is 6.29 Å². The summed E-state index contributed by atoms with van der Waals surface area (Å²) in [5.41, 5.74) is 2.15. The highest BCUT2D eigenvalue weighted by atomic mass is 16.5. The van der Waals surface area contributed by atoms with E-state index in [2.05, 4.69) is 15.0 Å². The summed E-state index contributed by atoms with van der Waals surface area (Å²) in [5.74, 6) is 1.18. The molecule has 5 heteroatoms.